The number of benzene rings is 2. The summed E-state index contributed by atoms with van der Waals surface area (Å²) in [6, 6.07) is 16.2. The van der Waals surface area contributed by atoms with E-state index >= 15 is 0 Å². The molecule has 0 amide bonds. The third kappa shape index (κ3) is 5.06. The van der Waals surface area contributed by atoms with Crippen molar-refractivity contribution in [1.82, 2.24) is 14.3 Å². The molecule has 1 N–H and O–H groups in total. The smallest absolute Gasteiger partial charge is 0.361 e. The molecule has 0 saturated carbocycles. The highest BCUT2D eigenvalue weighted by Gasteiger charge is 2.51. The van der Waals surface area contributed by atoms with E-state index < -0.39 is 21.6 Å². The van der Waals surface area contributed by atoms with E-state index in [4.69, 9.17) is 0 Å². The summed E-state index contributed by atoms with van der Waals surface area (Å²) in [6.07, 6.45) is 2.78. The van der Waals surface area contributed by atoms with Gasteiger partial charge >= 0.3 is 15.5 Å². The molecule has 0 saturated heterocycles. The Kier molecular flexibility index (Phi) is 6.49. The van der Waals surface area contributed by atoms with Crippen LogP contribution in [0.15, 0.2) is 60.8 Å². The predicted molar refractivity (Wildman–Crippen MR) is 120 cm³/mol. The number of nitrogens with one attached hydrogen (secondary N) is 1. The molecule has 6 nitrogen and oxygen atoms in total. The minimum atomic E-state index is -5.49. The number of hydrogen-bond acceptors (Lipinski definition) is 4. The number of nitrogens with zero attached hydrogens (tertiary/aromatic N) is 3. The van der Waals surface area contributed by atoms with Crippen molar-refractivity contribution in [2.75, 3.05) is 11.4 Å². The number of aryl methyl sites for hydroxylation is 2. The van der Waals surface area contributed by atoms with Crippen LogP contribution in [-0.2, 0) is 29.5 Å². The Morgan fingerprint density at radius 2 is 1.79 bits per heavy atom. The van der Waals surface area contributed by atoms with Gasteiger partial charge in [-0.2, -0.15) is 17.5 Å². The number of sulfonamides is 1. The first-order valence-electron chi connectivity index (χ1n) is 10.6. The normalized spacial score (nSPS) is 17.6. The van der Waals surface area contributed by atoms with Crippen molar-refractivity contribution in [2.24, 2.45) is 0 Å². The lowest BCUT2D eigenvalue weighted by molar-refractivity contribution is -0.0492. The number of hydrogen-bond donors (Lipinski definition) is 1. The average molecular weight is 479 g/mol. The lowest BCUT2D eigenvalue weighted by Gasteiger charge is -2.34. The summed E-state index contributed by atoms with van der Waals surface area (Å²) in [5, 5.41) is 0. The van der Waals surface area contributed by atoms with Crippen molar-refractivity contribution < 1.29 is 21.6 Å². The molecule has 0 radical (unpaired) electrons. The van der Waals surface area contributed by atoms with Crippen molar-refractivity contribution in [3.05, 3.63) is 83.4 Å². The SMILES string of the molecule is Cc1ncc(CN2c3ccccc3CN(S(=O)(=O)C(F)(F)F)CC2CCc2ccccc2)[nH]1. The maximum Gasteiger partial charge on any atom is 0.511 e. The van der Waals surface area contributed by atoms with E-state index in [0.29, 0.717) is 29.3 Å². The van der Waals surface area contributed by atoms with E-state index in [0.717, 1.165) is 22.8 Å². The van der Waals surface area contributed by atoms with Crippen LogP contribution in [-0.4, -0.2) is 40.8 Å². The van der Waals surface area contributed by atoms with Crippen LogP contribution in [0, 0.1) is 6.92 Å². The molecule has 2 heterocycles. The monoisotopic (exact) mass is 478 g/mol. The summed E-state index contributed by atoms with van der Waals surface area (Å²) in [5.74, 6) is 0.732. The van der Waals surface area contributed by atoms with Crippen molar-refractivity contribution in [1.29, 1.82) is 0 Å². The first-order chi connectivity index (χ1) is 15.6. The number of alkyl halides is 3. The van der Waals surface area contributed by atoms with E-state index in [1.54, 1.807) is 18.3 Å². The maximum absolute atomic E-state index is 13.5. The van der Waals surface area contributed by atoms with Gasteiger partial charge in [-0.3, -0.25) is 0 Å². The van der Waals surface area contributed by atoms with Gasteiger partial charge in [-0.15, -0.1) is 0 Å². The molecule has 0 bridgehead atoms. The van der Waals surface area contributed by atoms with Crippen LogP contribution in [0.5, 0.6) is 0 Å². The Labute approximate surface area is 191 Å². The summed E-state index contributed by atoms with van der Waals surface area (Å²) in [7, 11) is -5.49. The fraction of sp³-hybridized carbons (Fsp3) is 0.348. The fourth-order valence-electron chi connectivity index (χ4n) is 4.21. The summed E-state index contributed by atoms with van der Waals surface area (Å²) < 4.78 is 65.9. The number of fused-ring (bicyclic) bond motifs is 1. The molecule has 1 unspecified atom stereocenters. The molecule has 3 aromatic rings. The predicted octanol–water partition coefficient (Wildman–Crippen LogP) is 4.39. The number of imidazole rings is 1. The van der Waals surface area contributed by atoms with Gasteiger partial charge in [0.25, 0.3) is 0 Å². The van der Waals surface area contributed by atoms with E-state index in [1.807, 2.05) is 54.3 Å². The first-order valence-corrected chi connectivity index (χ1v) is 12.0. The molecular formula is C23H25F3N4O2S. The van der Waals surface area contributed by atoms with Gasteiger partial charge in [0.2, 0.25) is 0 Å². The van der Waals surface area contributed by atoms with Crippen molar-refractivity contribution in [3.63, 3.8) is 0 Å². The van der Waals surface area contributed by atoms with Gasteiger partial charge in [0.1, 0.15) is 5.82 Å². The van der Waals surface area contributed by atoms with Crippen LogP contribution in [0.25, 0.3) is 0 Å². The maximum atomic E-state index is 13.5. The van der Waals surface area contributed by atoms with Crippen LogP contribution >= 0.6 is 0 Å². The standard InChI is InChI=1S/C23H25F3N4O2S/c1-17-27-13-20(28-17)15-30-21(12-11-18-7-3-2-4-8-18)16-29(33(31,32)23(24,25)26)14-19-9-5-6-10-22(19)30/h2-10,13,21H,11-12,14-16H2,1H3,(H,27,28). The second-order valence-corrected chi connectivity index (χ2v) is 10.1. The van der Waals surface area contributed by atoms with Crippen molar-refractivity contribution in [2.45, 2.75) is 44.4 Å². The van der Waals surface area contributed by atoms with Crippen LogP contribution in [0.3, 0.4) is 0 Å². The largest absolute Gasteiger partial charge is 0.511 e. The van der Waals surface area contributed by atoms with Crippen molar-refractivity contribution >= 4 is 15.7 Å². The zero-order valence-corrected chi connectivity index (χ0v) is 18.9. The number of rotatable bonds is 6. The quantitative estimate of drug-likeness (QED) is 0.571. The second kappa shape index (κ2) is 9.18. The Bertz CT molecular complexity index is 1200. The number of H-pyrrole nitrogens is 1. The average Bonchev–Trinajstić information content (AvgIpc) is 3.11. The minimum absolute atomic E-state index is 0.267. The molecule has 0 spiro atoms. The first kappa shape index (κ1) is 23.3. The number of para-hydroxylation sites is 1. The molecule has 10 heteroatoms. The van der Waals surface area contributed by atoms with Gasteiger partial charge in [0.15, 0.2) is 0 Å². The fourth-order valence-corrected chi connectivity index (χ4v) is 5.18. The molecule has 2 aromatic carbocycles. The molecule has 1 aliphatic rings. The van der Waals surface area contributed by atoms with Gasteiger partial charge in [-0.1, -0.05) is 48.5 Å². The number of aromatic amines is 1. The number of anilines is 1. The third-order valence-corrected chi connectivity index (χ3v) is 7.38. The molecule has 4 rings (SSSR count). The van der Waals surface area contributed by atoms with Gasteiger partial charge in [-0.25, -0.2) is 13.4 Å². The Balaban J connectivity index is 1.74. The zero-order valence-electron chi connectivity index (χ0n) is 18.1. The van der Waals surface area contributed by atoms with Crippen molar-refractivity contribution in [3.8, 4) is 0 Å². The number of halogens is 3. The Morgan fingerprint density at radius 3 is 2.45 bits per heavy atom. The van der Waals surface area contributed by atoms with E-state index in [-0.39, 0.29) is 13.1 Å². The highest BCUT2D eigenvalue weighted by Crippen LogP contribution is 2.35. The highest BCUT2D eigenvalue weighted by molar-refractivity contribution is 7.89. The summed E-state index contributed by atoms with van der Waals surface area (Å²) in [5.41, 5.74) is -2.26. The minimum Gasteiger partial charge on any atom is -0.361 e. The van der Waals surface area contributed by atoms with Gasteiger partial charge in [-0.05, 0) is 37.0 Å². The van der Waals surface area contributed by atoms with Gasteiger partial charge in [0.05, 0.1) is 18.4 Å². The highest BCUT2D eigenvalue weighted by atomic mass is 32.2. The summed E-state index contributed by atoms with van der Waals surface area (Å²) in [6.45, 7) is 1.59. The molecule has 33 heavy (non-hydrogen) atoms. The molecule has 1 aliphatic heterocycles. The van der Waals surface area contributed by atoms with E-state index in [9.17, 15) is 21.6 Å². The third-order valence-electron chi connectivity index (χ3n) is 5.84. The Morgan fingerprint density at radius 1 is 1.09 bits per heavy atom. The lowest BCUT2D eigenvalue weighted by Crippen LogP contribution is -2.47. The van der Waals surface area contributed by atoms with E-state index in [1.165, 1.54) is 0 Å². The molecule has 1 aromatic heterocycles. The molecule has 1 atom stereocenters. The van der Waals surface area contributed by atoms with Crippen LogP contribution in [0.1, 0.15) is 29.1 Å². The summed E-state index contributed by atoms with van der Waals surface area (Å²) in [4.78, 5) is 9.40. The van der Waals surface area contributed by atoms with E-state index in [2.05, 4.69) is 9.97 Å². The topological polar surface area (TPSA) is 69.3 Å². The Hall–Kier alpha value is -2.85. The molecule has 0 fully saturated rings. The summed E-state index contributed by atoms with van der Waals surface area (Å²) >= 11 is 0. The van der Waals surface area contributed by atoms with Gasteiger partial charge in [0, 0.05) is 24.8 Å². The lowest BCUT2D eigenvalue weighted by atomic mass is 10.0. The molecule has 176 valence electrons. The number of aromatic nitrogens is 2. The van der Waals surface area contributed by atoms with Crippen LogP contribution in [0.4, 0.5) is 18.9 Å². The zero-order chi connectivity index (χ0) is 23.6. The van der Waals surface area contributed by atoms with Crippen LogP contribution in [0.2, 0.25) is 0 Å². The van der Waals surface area contributed by atoms with Crippen LogP contribution < -0.4 is 4.90 Å². The molecular weight excluding hydrogens is 453 g/mol. The second-order valence-electron chi connectivity index (χ2n) is 8.17. The molecule has 0 aliphatic carbocycles. The van der Waals surface area contributed by atoms with Gasteiger partial charge < -0.3 is 9.88 Å².